The second-order valence-corrected chi connectivity index (χ2v) is 8.38. The fourth-order valence-electron chi connectivity index (χ4n) is 2.62. The molecule has 1 N–H and O–H groups in total. The molecule has 130 valence electrons. The van der Waals surface area contributed by atoms with Gasteiger partial charge in [0.25, 0.3) is 0 Å². The first-order valence-corrected chi connectivity index (χ1v) is 8.96. The molecule has 0 spiro atoms. The van der Waals surface area contributed by atoms with E-state index in [1.54, 1.807) is 12.0 Å². The summed E-state index contributed by atoms with van der Waals surface area (Å²) in [7, 11) is 1.67. The number of halogens is 1. The van der Waals surface area contributed by atoms with Crippen LogP contribution in [0.2, 0.25) is 4.34 Å². The normalized spacial score (nSPS) is 23.1. The van der Waals surface area contributed by atoms with Crippen molar-refractivity contribution >= 4 is 29.0 Å². The van der Waals surface area contributed by atoms with E-state index in [1.165, 1.54) is 11.3 Å². The first kappa shape index (κ1) is 18.5. The van der Waals surface area contributed by atoms with Gasteiger partial charge in [-0.15, -0.1) is 11.3 Å². The lowest BCUT2D eigenvalue weighted by atomic mass is 10.1. The van der Waals surface area contributed by atoms with Crippen LogP contribution in [0.4, 0.5) is 4.79 Å². The van der Waals surface area contributed by atoms with Crippen LogP contribution >= 0.6 is 22.9 Å². The van der Waals surface area contributed by atoms with Gasteiger partial charge in [0.2, 0.25) is 0 Å². The number of hydrogen-bond acceptors (Lipinski definition) is 5. The van der Waals surface area contributed by atoms with E-state index >= 15 is 0 Å². The molecule has 2 unspecified atom stereocenters. The first-order chi connectivity index (χ1) is 10.7. The summed E-state index contributed by atoms with van der Waals surface area (Å²) in [5, 5.41) is 5.57. The van der Waals surface area contributed by atoms with Gasteiger partial charge < -0.3 is 19.7 Å². The van der Waals surface area contributed by atoms with E-state index in [4.69, 9.17) is 21.1 Å². The van der Waals surface area contributed by atoms with Crippen LogP contribution < -0.4 is 5.32 Å². The number of ether oxygens (including phenoxy) is 2. The molecule has 23 heavy (non-hydrogen) atoms. The highest BCUT2D eigenvalue weighted by Crippen LogP contribution is 2.26. The molecule has 1 aromatic heterocycles. The highest BCUT2D eigenvalue weighted by molar-refractivity contribution is 7.14. The molecule has 1 saturated heterocycles. The number of carbonyl (C=O) groups is 1. The van der Waals surface area contributed by atoms with Gasteiger partial charge in [-0.3, -0.25) is 0 Å². The maximum atomic E-state index is 12.2. The fraction of sp³-hybridized carbons (Fsp3) is 0.688. The molecule has 3 atom stereocenters. The summed E-state index contributed by atoms with van der Waals surface area (Å²) in [5.74, 6) is 0. The van der Waals surface area contributed by atoms with Crippen LogP contribution in [0.1, 0.15) is 39.3 Å². The Morgan fingerprint density at radius 3 is 2.70 bits per heavy atom. The van der Waals surface area contributed by atoms with Crippen molar-refractivity contribution in [1.29, 1.82) is 0 Å². The molecule has 5 nitrogen and oxygen atoms in total. The SMILES string of the molecule is CO[C@H]1CN(C(=O)OC(C)(C)C)CC1NC(C)c1csc(Cl)c1. The van der Waals surface area contributed by atoms with E-state index < -0.39 is 5.60 Å². The van der Waals surface area contributed by atoms with Crippen LogP contribution in [0.3, 0.4) is 0 Å². The van der Waals surface area contributed by atoms with Gasteiger partial charge in [0.05, 0.1) is 23.0 Å². The highest BCUT2D eigenvalue weighted by Gasteiger charge is 2.37. The van der Waals surface area contributed by atoms with E-state index in [2.05, 4.69) is 12.2 Å². The van der Waals surface area contributed by atoms with Crippen LogP contribution in [-0.2, 0) is 9.47 Å². The van der Waals surface area contributed by atoms with Crippen LogP contribution in [0.15, 0.2) is 11.4 Å². The van der Waals surface area contributed by atoms with Crippen molar-refractivity contribution in [3.63, 3.8) is 0 Å². The molecular formula is C16H25ClN2O3S. The maximum Gasteiger partial charge on any atom is 0.410 e. The fourth-order valence-corrected chi connectivity index (χ4v) is 3.60. The van der Waals surface area contributed by atoms with Crippen molar-refractivity contribution < 1.29 is 14.3 Å². The summed E-state index contributed by atoms with van der Waals surface area (Å²) < 4.78 is 11.8. The van der Waals surface area contributed by atoms with E-state index in [-0.39, 0.29) is 24.3 Å². The van der Waals surface area contributed by atoms with Crippen LogP contribution in [0.25, 0.3) is 0 Å². The van der Waals surface area contributed by atoms with Gasteiger partial charge in [0.1, 0.15) is 5.60 Å². The zero-order valence-corrected chi connectivity index (χ0v) is 15.8. The second-order valence-electron chi connectivity index (χ2n) is 6.84. The molecule has 1 aliphatic heterocycles. The lowest BCUT2D eigenvalue weighted by Crippen LogP contribution is -2.41. The largest absolute Gasteiger partial charge is 0.444 e. The van der Waals surface area contributed by atoms with Gasteiger partial charge in [-0.25, -0.2) is 4.79 Å². The highest BCUT2D eigenvalue weighted by atomic mass is 35.5. The summed E-state index contributed by atoms with van der Waals surface area (Å²) in [6.45, 7) is 8.78. The molecule has 2 rings (SSSR count). The number of likely N-dealkylation sites (tertiary alicyclic amines) is 1. The van der Waals surface area contributed by atoms with Crippen molar-refractivity contribution in [1.82, 2.24) is 10.2 Å². The number of nitrogens with zero attached hydrogens (tertiary/aromatic N) is 1. The Bertz CT molecular complexity index is 544. The predicted octanol–water partition coefficient (Wildman–Crippen LogP) is 3.69. The number of hydrogen-bond donors (Lipinski definition) is 1. The minimum atomic E-state index is -0.494. The van der Waals surface area contributed by atoms with Crippen LogP contribution in [-0.4, -0.2) is 48.9 Å². The van der Waals surface area contributed by atoms with Crippen LogP contribution in [0, 0.1) is 0 Å². The number of rotatable bonds is 4. The molecule has 0 aliphatic carbocycles. The lowest BCUT2D eigenvalue weighted by Gasteiger charge is -2.24. The topological polar surface area (TPSA) is 50.8 Å². The van der Waals surface area contributed by atoms with Gasteiger partial charge in [-0.05, 0) is 44.7 Å². The first-order valence-electron chi connectivity index (χ1n) is 7.70. The number of nitrogens with one attached hydrogen (secondary N) is 1. The molecule has 0 radical (unpaired) electrons. The van der Waals surface area contributed by atoms with Gasteiger partial charge in [0, 0.05) is 19.7 Å². The summed E-state index contributed by atoms with van der Waals surface area (Å²) in [4.78, 5) is 13.9. The third-order valence-electron chi connectivity index (χ3n) is 3.77. The lowest BCUT2D eigenvalue weighted by molar-refractivity contribution is 0.0252. The van der Waals surface area contributed by atoms with Gasteiger partial charge >= 0.3 is 6.09 Å². The smallest absolute Gasteiger partial charge is 0.410 e. The average Bonchev–Trinajstić information content (AvgIpc) is 3.03. The van der Waals surface area contributed by atoms with E-state index in [0.29, 0.717) is 13.1 Å². The third-order valence-corrected chi connectivity index (χ3v) is 4.88. The number of methoxy groups -OCH3 is 1. The Hall–Kier alpha value is -0.820. The van der Waals surface area contributed by atoms with Crippen LogP contribution in [0.5, 0.6) is 0 Å². The summed E-state index contributed by atoms with van der Waals surface area (Å²) in [5.41, 5.74) is 0.650. The molecule has 0 saturated carbocycles. The van der Waals surface area contributed by atoms with Crippen molar-refractivity contribution in [3.05, 3.63) is 21.3 Å². The maximum absolute atomic E-state index is 12.2. The van der Waals surface area contributed by atoms with E-state index in [1.807, 2.05) is 32.2 Å². The Kier molecular flexibility index (Phi) is 5.94. The van der Waals surface area contributed by atoms with Crippen molar-refractivity contribution in [2.45, 2.75) is 51.5 Å². The predicted molar refractivity (Wildman–Crippen MR) is 93.3 cm³/mol. The molecule has 1 aliphatic rings. The monoisotopic (exact) mass is 360 g/mol. The van der Waals surface area contributed by atoms with E-state index in [0.717, 1.165) is 9.90 Å². The Labute approximate surface area is 146 Å². The van der Waals surface area contributed by atoms with Crippen molar-refractivity contribution in [3.8, 4) is 0 Å². The quantitative estimate of drug-likeness (QED) is 0.889. The standard InChI is InChI=1S/C16H25ClN2O3S/c1-10(11-6-14(17)23-9-11)18-12-7-19(8-13(12)21-5)15(20)22-16(2,3)4/h6,9-10,12-13,18H,7-8H2,1-5H3/t10?,12?,13-/m0/s1. The zero-order valence-electron chi connectivity index (χ0n) is 14.3. The summed E-state index contributed by atoms with van der Waals surface area (Å²) in [6.07, 6.45) is -0.353. The average molecular weight is 361 g/mol. The van der Waals surface area contributed by atoms with Crippen molar-refractivity contribution in [2.75, 3.05) is 20.2 Å². The Morgan fingerprint density at radius 1 is 1.48 bits per heavy atom. The minimum absolute atomic E-state index is 0.0564. The van der Waals surface area contributed by atoms with Crippen molar-refractivity contribution in [2.24, 2.45) is 0 Å². The second kappa shape index (κ2) is 7.38. The molecule has 0 bridgehead atoms. The third kappa shape index (κ3) is 5.08. The van der Waals surface area contributed by atoms with Gasteiger partial charge in [0.15, 0.2) is 0 Å². The molecule has 1 amide bonds. The molecule has 0 aromatic carbocycles. The zero-order chi connectivity index (χ0) is 17.2. The molecular weight excluding hydrogens is 336 g/mol. The molecule has 2 heterocycles. The van der Waals surface area contributed by atoms with Gasteiger partial charge in [-0.2, -0.15) is 0 Å². The number of carbonyl (C=O) groups excluding carboxylic acids is 1. The molecule has 1 aromatic rings. The summed E-state index contributed by atoms with van der Waals surface area (Å²) in [6, 6.07) is 2.16. The summed E-state index contributed by atoms with van der Waals surface area (Å²) >= 11 is 7.52. The Balaban J connectivity index is 1.97. The van der Waals surface area contributed by atoms with Gasteiger partial charge in [-0.1, -0.05) is 11.6 Å². The van der Waals surface area contributed by atoms with E-state index in [9.17, 15) is 4.79 Å². The Morgan fingerprint density at radius 2 is 2.17 bits per heavy atom. The number of thiophene rings is 1. The number of amides is 1. The minimum Gasteiger partial charge on any atom is -0.444 e. The molecule has 1 fully saturated rings. The molecule has 7 heteroatoms.